The highest BCUT2D eigenvalue weighted by Gasteiger charge is 1.85. The van der Waals surface area contributed by atoms with E-state index in [1.807, 2.05) is 0 Å². The number of hydrogen-bond acceptors (Lipinski definition) is 0. The molecule has 0 unspecified atom stereocenters. The summed E-state index contributed by atoms with van der Waals surface area (Å²) in [5.41, 5.74) is 0. The predicted molar refractivity (Wildman–Crippen MR) is 80.0 cm³/mol. The quantitative estimate of drug-likeness (QED) is 0.302. The lowest BCUT2D eigenvalue weighted by Crippen LogP contribution is -1.75. The first kappa shape index (κ1) is 16.2. The third-order valence-electron chi connectivity index (χ3n) is 2.69. The predicted octanol–water partition coefficient (Wildman–Crippen LogP) is 6.02. The molecule has 0 rings (SSSR count). The number of unbranched alkanes of at least 4 members (excludes halogenated alkanes) is 5. The van der Waals surface area contributed by atoms with Crippen molar-refractivity contribution >= 4 is 0 Å². The van der Waals surface area contributed by atoms with E-state index in [4.69, 9.17) is 0 Å². The van der Waals surface area contributed by atoms with E-state index in [0.717, 1.165) is 19.3 Å². The van der Waals surface area contributed by atoms with E-state index in [-0.39, 0.29) is 0 Å². The summed E-state index contributed by atoms with van der Waals surface area (Å²) >= 11 is 0. The molecule has 0 saturated carbocycles. The molecular formula is C17H29. The fourth-order valence-corrected chi connectivity index (χ4v) is 1.64. The smallest absolute Gasteiger partial charge is 0.0169 e. The first-order valence-electron chi connectivity index (χ1n) is 7.16. The van der Waals surface area contributed by atoms with Gasteiger partial charge in [0.15, 0.2) is 0 Å². The van der Waals surface area contributed by atoms with Crippen LogP contribution >= 0.6 is 0 Å². The lowest BCUT2D eigenvalue weighted by atomic mass is 10.1. The molecule has 17 heavy (non-hydrogen) atoms. The molecule has 0 aliphatic rings. The van der Waals surface area contributed by atoms with Gasteiger partial charge in [-0.25, -0.2) is 0 Å². The molecule has 0 fully saturated rings. The van der Waals surface area contributed by atoms with E-state index in [9.17, 15) is 0 Å². The highest BCUT2D eigenvalue weighted by molar-refractivity contribution is 4.97. The Balaban J connectivity index is 3.21. The van der Waals surface area contributed by atoms with Crippen molar-refractivity contribution in [2.75, 3.05) is 0 Å². The Bertz CT molecular complexity index is 208. The number of hydrogen-bond donors (Lipinski definition) is 0. The molecule has 0 nitrogen and oxygen atoms in total. The van der Waals surface area contributed by atoms with E-state index in [2.05, 4.69) is 50.3 Å². The summed E-state index contributed by atoms with van der Waals surface area (Å²) < 4.78 is 0. The van der Waals surface area contributed by atoms with Crippen LogP contribution in [-0.2, 0) is 0 Å². The maximum atomic E-state index is 3.76. The fourth-order valence-electron chi connectivity index (χ4n) is 1.64. The second-order valence-electron chi connectivity index (χ2n) is 4.38. The van der Waals surface area contributed by atoms with E-state index in [0.29, 0.717) is 0 Å². The molecule has 0 amide bonds. The van der Waals surface area contributed by atoms with E-state index >= 15 is 0 Å². The lowest BCUT2D eigenvalue weighted by molar-refractivity contribution is 0.637. The van der Waals surface area contributed by atoms with Gasteiger partial charge in [-0.1, -0.05) is 69.1 Å². The Morgan fingerprint density at radius 1 is 0.706 bits per heavy atom. The second kappa shape index (κ2) is 15.2. The van der Waals surface area contributed by atoms with Crippen LogP contribution in [0.3, 0.4) is 0 Å². The van der Waals surface area contributed by atoms with Gasteiger partial charge in [-0.3, -0.25) is 0 Å². The summed E-state index contributed by atoms with van der Waals surface area (Å²) in [5.74, 6) is 0. The lowest BCUT2D eigenvalue weighted by Gasteiger charge is -1.95. The third-order valence-corrected chi connectivity index (χ3v) is 2.69. The normalized spacial score (nSPS) is 12.4. The first-order chi connectivity index (χ1) is 8.41. The summed E-state index contributed by atoms with van der Waals surface area (Å²) in [5, 5.41) is 0. The van der Waals surface area contributed by atoms with Crippen molar-refractivity contribution in [1.82, 2.24) is 0 Å². The van der Waals surface area contributed by atoms with Crippen molar-refractivity contribution in [2.24, 2.45) is 0 Å². The van der Waals surface area contributed by atoms with Crippen LogP contribution in [0.2, 0.25) is 0 Å². The van der Waals surface area contributed by atoms with Crippen molar-refractivity contribution in [3.05, 3.63) is 43.4 Å². The zero-order chi connectivity index (χ0) is 12.6. The van der Waals surface area contributed by atoms with E-state index in [1.165, 1.54) is 38.5 Å². The fraction of sp³-hybridized carbons (Fsp3) is 0.588. The molecule has 0 heteroatoms. The summed E-state index contributed by atoms with van der Waals surface area (Å²) in [6.45, 7) is 6.02. The minimum Gasteiger partial charge on any atom is -0.0882 e. The zero-order valence-corrected chi connectivity index (χ0v) is 11.5. The van der Waals surface area contributed by atoms with Gasteiger partial charge in [0.1, 0.15) is 0 Å². The maximum absolute atomic E-state index is 3.76. The van der Waals surface area contributed by atoms with Gasteiger partial charge in [-0.2, -0.15) is 0 Å². The van der Waals surface area contributed by atoms with Crippen molar-refractivity contribution in [3.63, 3.8) is 0 Å². The molecule has 0 saturated heterocycles. The second-order valence-corrected chi connectivity index (χ2v) is 4.38. The molecule has 0 bridgehead atoms. The molecular weight excluding hydrogens is 204 g/mol. The summed E-state index contributed by atoms with van der Waals surface area (Å²) in [6.07, 6.45) is 24.5. The van der Waals surface area contributed by atoms with Crippen LogP contribution in [0.5, 0.6) is 0 Å². The van der Waals surface area contributed by atoms with Crippen LogP contribution in [0, 0.1) is 6.92 Å². The molecule has 0 spiro atoms. The largest absolute Gasteiger partial charge is 0.0882 e. The van der Waals surface area contributed by atoms with E-state index < -0.39 is 0 Å². The zero-order valence-electron chi connectivity index (χ0n) is 11.5. The Kier molecular flexibility index (Phi) is 14.5. The van der Waals surface area contributed by atoms with Crippen LogP contribution in [0.25, 0.3) is 0 Å². The minimum absolute atomic E-state index is 0.895. The highest BCUT2D eigenvalue weighted by Crippen LogP contribution is 2.05. The van der Waals surface area contributed by atoms with Crippen molar-refractivity contribution in [1.29, 1.82) is 0 Å². The number of allylic oxidation sites excluding steroid dienone is 6. The van der Waals surface area contributed by atoms with Crippen LogP contribution in [-0.4, -0.2) is 0 Å². The average molecular weight is 233 g/mol. The topological polar surface area (TPSA) is 0 Å². The Morgan fingerprint density at radius 2 is 1.29 bits per heavy atom. The van der Waals surface area contributed by atoms with Crippen LogP contribution in [0.1, 0.15) is 64.7 Å². The van der Waals surface area contributed by atoms with Crippen molar-refractivity contribution in [2.45, 2.75) is 64.7 Å². The van der Waals surface area contributed by atoms with Gasteiger partial charge in [0.2, 0.25) is 0 Å². The average Bonchev–Trinajstić information content (AvgIpc) is 2.35. The first-order valence-corrected chi connectivity index (χ1v) is 7.16. The Morgan fingerprint density at radius 3 is 1.94 bits per heavy atom. The van der Waals surface area contributed by atoms with Crippen molar-refractivity contribution < 1.29 is 0 Å². The van der Waals surface area contributed by atoms with Crippen LogP contribution < -0.4 is 0 Å². The van der Waals surface area contributed by atoms with E-state index in [1.54, 1.807) is 0 Å². The van der Waals surface area contributed by atoms with Gasteiger partial charge < -0.3 is 0 Å². The minimum atomic E-state index is 0.895. The molecule has 1 radical (unpaired) electrons. The maximum Gasteiger partial charge on any atom is -0.0169 e. The van der Waals surface area contributed by atoms with Crippen molar-refractivity contribution in [3.8, 4) is 0 Å². The number of rotatable bonds is 11. The Labute approximate surface area is 109 Å². The van der Waals surface area contributed by atoms with Gasteiger partial charge in [-0.15, -0.1) is 0 Å². The SMILES string of the molecule is [CH2]CC=CCC=CCC=CCCCCCCC. The Hall–Kier alpha value is -0.780. The molecule has 0 aromatic carbocycles. The van der Waals surface area contributed by atoms with Gasteiger partial charge >= 0.3 is 0 Å². The summed E-state index contributed by atoms with van der Waals surface area (Å²) in [6, 6.07) is 0. The summed E-state index contributed by atoms with van der Waals surface area (Å²) in [4.78, 5) is 0. The molecule has 0 aliphatic heterocycles. The van der Waals surface area contributed by atoms with Crippen LogP contribution in [0.15, 0.2) is 36.5 Å². The third kappa shape index (κ3) is 15.2. The molecule has 0 aromatic rings. The van der Waals surface area contributed by atoms with Gasteiger partial charge in [0.05, 0.1) is 0 Å². The van der Waals surface area contributed by atoms with Gasteiger partial charge in [0, 0.05) is 0 Å². The highest BCUT2D eigenvalue weighted by atomic mass is 13.9. The van der Waals surface area contributed by atoms with Gasteiger partial charge in [-0.05, 0) is 39.0 Å². The standard InChI is InChI=1S/C17H29/c1-3-5-7-9-11-13-15-17-16-14-12-10-8-6-4-2/h5,7,11,13,16-17H,1,3-4,6,8-10,12,14-15H2,2H3. The summed E-state index contributed by atoms with van der Waals surface area (Å²) in [7, 11) is 0. The molecule has 97 valence electrons. The van der Waals surface area contributed by atoms with Crippen LogP contribution in [0.4, 0.5) is 0 Å². The molecule has 0 N–H and O–H groups in total. The van der Waals surface area contributed by atoms with Gasteiger partial charge in [0.25, 0.3) is 0 Å². The molecule has 0 aliphatic carbocycles. The molecule has 0 aromatic heterocycles. The monoisotopic (exact) mass is 233 g/mol. The molecule has 0 atom stereocenters. The molecule has 0 heterocycles.